The second-order valence-electron chi connectivity index (χ2n) is 5.18. The molecule has 0 unspecified atom stereocenters. The standard InChI is InChI=1S/C13H19Br2NOS/c1-16(7-11-6-12(15)18-8-11)10-13(9-14)2-4-17-5-3-13/h6,8H,2-5,7,9-10H2,1H3. The molecule has 2 heterocycles. The van der Waals surface area contributed by atoms with Crippen LogP contribution in [-0.4, -0.2) is 37.0 Å². The molecule has 0 radical (unpaired) electrons. The molecule has 0 bridgehead atoms. The lowest BCUT2D eigenvalue weighted by Crippen LogP contribution is -2.41. The molecule has 0 N–H and O–H groups in total. The van der Waals surface area contributed by atoms with Crippen molar-refractivity contribution in [2.45, 2.75) is 19.4 Å². The van der Waals surface area contributed by atoms with E-state index < -0.39 is 0 Å². The summed E-state index contributed by atoms with van der Waals surface area (Å²) in [6.07, 6.45) is 2.33. The lowest BCUT2D eigenvalue weighted by molar-refractivity contribution is 0.0110. The monoisotopic (exact) mass is 395 g/mol. The number of nitrogens with zero attached hydrogens (tertiary/aromatic N) is 1. The number of thiophene rings is 1. The molecule has 2 nitrogen and oxygen atoms in total. The first-order chi connectivity index (χ1) is 8.63. The molecule has 0 amide bonds. The average Bonchev–Trinajstić information content (AvgIpc) is 2.75. The van der Waals surface area contributed by atoms with E-state index >= 15 is 0 Å². The quantitative estimate of drug-likeness (QED) is 0.693. The van der Waals surface area contributed by atoms with Crippen molar-refractivity contribution in [1.82, 2.24) is 4.90 Å². The smallest absolute Gasteiger partial charge is 0.0701 e. The maximum absolute atomic E-state index is 5.49. The van der Waals surface area contributed by atoms with Crippen LogP contribution in [0, 0.1) is 5.41 Å². The molecule has 0 aromatic carbocycles. The molecular formula is C13H19Br2NOS. The van der Waals surface area contributed by atoms with E-state index in [1.807, 2.05) is 0 Å². The van der Waals surface area contributed by atoms with E-state index in [0.29, 0.717) is 5.41 Å². The van der Waals surface area contributed by atoms with E-state index in [0.717, 1.165) is 44.5 Å². The number of ether oxygens (including phenoxy) is 1. The largest absolute Gasteiger partial charge is 0.381 e. The fraction of sp³-hybridized carbons (Fsp3) is 0.692. The second kappa shape index (κ2) is 6.84. The van der Waals surface area contributed by atoms with Gasteiger partial charge in [-0.15, -0.1) is 11.3 Å². The van der Waals surface area contributed by atoms with E-state index in [1.165, 1.54) is 9.35 Å². The Balaban J connectivity index is 1.90. The molecule has 1 aromatic heterocycles. The van der Waals surface area contributed by atoms with Crippen molar-refractivity contribution in [3.8, 4) is 0 Å². The van der Waals surface area contributed by atoms with Gasteiger partial charge in [0, 0.05) is 31.6 Å². The van der Waals surface area contributed by atoms with Gasteiger partial charge in [-0.1, -0.05) is 15.9 Å². The Bertz CT molecular complexity index is 377. The van der Waals surface area contributed by atoms with Crippen molar-refractivity contribution in [3.63, 3.8) is 0 Å². The highest BCUT2D eigenvalue weighted by Crippen LogP contribution is 2.33. The molecule has 1 aliphatic rings. The first kappa shape index (κ1) is 15.0. The molecule has 5 heteroatoms. The fourth-order valence-electron chi connectivity index (χ4n) is 2.51. The third-order valence-corrected chi connectivity index (χ3v) is 6.26. The highest BCUT2D eigenvalue weighted by Gasteiger charge is 2.32. The van der Waals surface area contributed by atoms with Gasteiger partial charge in [0.2, 0.25) is 0 Å². The molecule has 1 aliphatic heterocycles. The van der Waals surface area contributed by atoms with Crippen LogP contribution in [0.3, 0.4) is 0 Å². The Morgan fingerprint density at radius 3 is 2.72 bits per heavy atom. The first-order valence-corrected chi connectivity index (χ1v) is 8.98. The molecule has 0 saturated carbocycles. The summed E-state index contributed by atoms with van der Waals surface area (Å²) in [5.41, 5.74) is 1.78. The molecule has 1 saturated heterocycles. The van der Waals surface area contributed by atoms with Crippen molar-refractivity contribution in [3.05, 3.63) is 20.8 Å². The lowest BCUT2D eigenvalue weighted by Gasteiger charge is -2.38. The topological polar surface area (TPSA) is 12.5 Å². The second-order valence-corrected chi connectivity index (χ2v) is 8.03. The van der Waals surface area contributed by atoms with Gasteiger partial charge >= 0.3 is 0 Å². The van der Waals surface area contributed by atoms with Gasteiger partial charge in [0.15, 0.2) is 0 Å². The number of rotatable bonds is 5. The zero-order chi connectivity index (χ0) is 13.0. The summed E-state index contributed by atoms with van der Waals surface area (Å²) >= 11 is 8.98. The maximum atomic E-state index is 5.49. The van der Waals surface area contributed by atoms with Gasteiger partial charge in [-0.2, -0.15) is 0 Å². The third-order valence-electron chi connectivity index (χ3n) is 3.52. The van der Waals surface area contributed by atoms with Gasteiger partial charge in [-0.05, 0) is 58.2 Å². The Morgan fingerprint density at radius 1 is 1.44 bits per heavy atom. The molecule has 102 valence electrons. The molecule has 0 spiro atoms. The van der Waals surface area contributed by atoms with E-state index in [2.05, 4.69) is 55.3 Å². The normalized spacial score (nSPS) is 19.3. The number of hydrogen-bond acceptors (Lipinski definition) is 3. The van der Waals surface area contributed by atoms with Gasteiger partial charge in [0.1, 0.15) is 0 Å². The highest BCUT2D eigenvalue weighted by molar-refractivity contribution is 9.11. The zero-order valence-corrected chi connectivity index (χ0v) is 14.6. The van der Waals surface area contributed by atoms with Gasteiger partial charge in [-0.25, -0.2) is 0 Å². The molecule has 1 aromatic rings. The lowest BCUT2D eigenvalue weighted by atomic mass is 9.82. The summed E-state index contributed by atoms with van der Waals surface area (Å²) in [5, 5.41) is 3.30. The average molecular weight is 397 g/mol. The van der Waals surface area contributed by atoms with Crippen LogP contribution in [0.2, 0.25) is 0 Å². The van der Waals surface area contributed by atoms with Gasteiger partial charge in [0.25, 0.3) is 0 Å². The van der Waals surface area contributed by atoms with Crippen LogP contribution < -0.4 is 0 Å². The minimum absolute atomic E-state index is 0.389. The van der Waals surface area contributed by atoms with Crippen LogP contribution in [-0.2, 0) is 11.3 Å². The minimum Gasteiger partial charge on any atom is -0.381 e. The third kappa shape index (κ3) is 4.04. The molecule has 2 rings (SSSR count). The Hall–Kier alpha value is 0.580. The Morgan fingerprint density at radius 2 is 2.17 bits per heavy atom. The van der Waals surface area contributed by atoms with Crippen molar-refractivity contribution >= 4 is 43.2 Å². The Labute approximate surface area is 130 Å². The van der Waals surface area contributed by atoms with Crippen LogP contribution in [0.5, 0.6) is 0 Å². The molecular weight excluding hydrogens is 378 g/mol. The first-order valence-electron chi connectivity index (χ1n) is 6.19. The van der Waals surface area contributed by atoms with Crippen LogP contribution in [0.1, 0.15) is 18.4 Å². The summed E-state index contributed by atoms with van der Waals surface area (Å²) in [6, 6.07) is 2.21. The number of alkyl halides is 1. The van der Waals surface area contributed by atoms with Crippen molar-refractivity contribution in [2.24, 2.45) is 5.41 Å². The van der Waals surface area contributed by atoms with Crippen molar-refractivity contribution in [1.29, 1.82) is 0 Å². The summed E-state index contributed by atoms with van der Waals surface area (Å²) < 4.78 is 6.70. The number of hydrogen-bond donors (Lipinski definition) is 0. The maximum Gasteiger partial charge on any atom is 0.0701 e. The summed E-state index contributed by atoms with van der Waals surface area (Å²) in [5.74, 6) is 0. The van der Waals surface area contributed by atoms with Crippen LogP contribution >= 0.6 is 43.2 Å². The minimum atomic E-state index is 0.389. The van der Waals surface area contributed by atoms with Gasteiger partial charge < -0.3 is 9.64 Å². The molecule has 0 atom stereocenters. The van der Waals surface area contributed by atoms with Crippen molar-refractivity contribution in [2.75, 3.05) is 32.1 Å². The predicted octanol–water partition coefficient (Wildman–Crippen LogP) is 4.13. The van der Waals surface area contributed by atoms with E-state index in [1.54, 1.807) is 11.3 Å². The molecule has 1 fully saturated rings. The predicted molar refractivity (Wildman–Crippen MR) is 84.6 cm³/mol. The van der Waals surface area contributed by atoms with Gasteiger partial charge in [0.05, 0.1) is 3.79 Å². The van der Waals surface area contributed by atoms with Crippen LogP contribution in [0.4, 0.5) is 0 Å². The molecule has 18 heavy (non-hydrogen) atoms. The van der Waals surface area contributed by atoms with Crippen molar-refractivity contribution < 1.29 is 4.74 Å². The van der Waals surface area contributed by atoms with Crippen LogP contribution in [0.15, 0.2) is 15.2 Å². The van der Waals surface area contributed by atoms with Crippen LogP contribution in [0.25, 0.3) is 0 Å². The van der Waals surface area contributed by atoms with E-state index in [4.69, 9.17) is 4.74 Å². The summed E-state index contributed by atoms with van der Waals surface area (Å²) in [7, 11) is 2.21. The SMILES string of the molecule is CN(Cc1csc(Br)c1)CC1(CBr)CCOCC1. The Kier molecular flexibility index (Phi) is 5.69. The fourth-order valence-corrected chi connectivity index (χ4v) is 4.45. The number of halogens is 2. The zero-order valence-electron chi connectivity index (χ0n) is 10.6. The molecule has 0 aliphatic carbocycles. The summed E-state index contributed by atoms with van der Waals surface area (Å²) in [4.78, 5) is 2.43. The van der Waals surface area contributed by atoms with Gasteiger partial charge in [-0.3, -0.25) is 0 Å². The van der Waals surface area contributed by atoms with E-state index in [-0.39, 0.29) is 0 Å². The summed E-state index contributed by atoms with van der Waals surface area (Å²) in [6.45, 7) is 3.97. The highest BCUT2D eigenvalue weighted by atomic mass is 79.9. The van der Waals surface area contributed by atoms with E-state index in [9.17, 15) is 0 Å².